The van der Waals surface area contributed by atoms with Gasteiger partial charge in [0.15, 0.2) is 0 Å². The molecule has 0 spiro atoms. The van der Waals surface area contributed by atoms with E-state index in [2.05, 4.69) is 27.1 Å². The van der Waals surface area contributed by atoms with Crippen molar-refractivity contribution in [3.8, 4) is 11.1 Å². The molecule has 1 fully saturated rings. The Morgan fingerprint density at radius 2 is 1.80 bits per heavy atom. The highest BCUT2D eigenvalue weighted by Crippen LogP contribution is 2.40. The van der Waals surface area contributed by atoms with Gasteiger partial charge in [-0.15, -0.1) is 11.3 Å². The van der Waals surface area contributed by atoms with Crippen molar-refractivity contribution in [2.75, 3.05) is 54.9 Å². The number of rotatable bonds is 6. The molecule has 0 saturated carbocycles. The summed E-state index contributed by atoms with van der Waals surface area (Å²) in [5.74, 6) is -0.253. The van der Waals surface area contributed by atoms with E-state index in [1.54, 1.807) is 30.4 Å². The maximum absolute atomic E-state index is 15.3. The molecule has 2 aliphatic heterocycles. The molecule has 2 N–H and O–H groups in total. The van der Waals surface area contributed by atoms with Crippen LogP contribution in [-0.4, -0.2) is 65.2 Å². The monoisotopic (exact) mass is 624 g/mol. The molecule has 3 aromatic heterocycles. The molecule has 11 heteroatoms. The Labute approximate surface area is 263 Å². The Bertz CT molecular complexity index is 1980. The highest BCUT2D eigenvalue weighted by molar-refractivity contribution is 7.21. The number of hydrogen-bond donors (Lipinski definition) is 2. The van der Waals surface area contributed by atoms with E-state index in [4.69, 9.17) is 0 Å². The van der Waals surface area contributed by atoms with Crippen molar-refractivity contribution < 1.29 is 14.3 Å². The first-order chi connectivity index (χ1) is 21.8. The van der Waals surface area contributed by atoms with E-state index >= 15 is 4.39 Å². The lowest BCUT2D eigenvalue weighted by Gasteiger charge is -2.33. The number of likely N-dealkylation sites (N-methyl/N-ethyl adjacent to an activating group) is 1. The largest absolute Gasteiger partial charge is 0.392 e. The third-order valence-corrected chi connectivity index (χ3v) is 9.94. The first kappa shape index (κ1) is 29.1. The van der Waals surface area contributed by atoms with E-state index in [-0.39, 0.29) is 17.2 Å². The third-order valence-electron chi connectivity index (χ3n) is 8.74. The van der Waals surface area contributed by atoms with Gasteiger partial charge in [0.2, 0.25) is 0 Å². The quantitative estimate of drug-likeness (QED) is 0.275. The summed E-state index contributed by atoms with van der Waals surface area (Å²) in [5.41, 5.74) is 3.66. The Hall–Kier alpha value is -4.58. The molecular formula is C34H33FN6O3S. The molecule has 5 heterocycles. The van der Waals surface area contributed by atoms with Crippen molar-refractivity contribution in [1.29, 1.82) is 0 Å². The molecule has 0 unspecified atom stereocenters. The van der Waals surface area contributed by atoms with Gasteiger partial charge >= 0.3 is 0 Å². The Morgan fingerprint density at radius 3 is 2.56 bits per heavy atom. The fourth-order valence-corrected chi connectivity index (χ4v) is 7.48. The first-order valence-electron chi connectivity index (χ1n) is 14.9. The summed E-state index contributed by atoms with van der Waals surface area (Å²) in [5, 5.41) is 14.8. The van der Waals surface area contributed by atoms with Crippen molar-refractivity contribution >= 4 is 50.2 Å². The van der Waals surface area contributed by atoms with Crippen molar-refractivity contribution in [1.82, 2.24) is 14.5 Å². The van der Waals surface area contributed by atoms with Gasteiger partial charge in [0.05, 0.1) is 29.1 Å². The number of aliphatic hydroxyl groups is 1. The Kier molecular flexibility index (Phi) is 7.60. The zero-order chi connectivity index (χ0) is 31.2. The number of aromatic nitrogens is 2. The molecule has 0 bridgehead atoms. The summed E-state index contributed by atoms with van der Waals surface area (Å²) in [7, 11) is 3.73. The van der Waals surface area contributed by atoms with Gasteiger partial charge < -0.3 is 29.7 Å². The van der Waals surface area contributed by atoms with Crippen LogP contribution in [0, 0.1) is 5.82 Å². The van der Waals surface area contributed by atoms with E-state index in [9.17, 15) is 14.7 Å². The average Bonchev–Trinajstić information content (AvgIpc) is 3.43. The number of amides is 1. The molecular weight excluding hydrogens is 591 g/mol. The molecule has 0 radical (unpaired) electrons. The number of halogens is 1. The number of aryl methyl sites for hydroxylation is 1. The summed E-state index contributed by atoms with van der Waals surface area (Å²) in [4.78, 5) is 38.2. The van der Waals surface area contributed by atoms with E-state index in [0.29, 0.717) is 46.0 Å². The van der Waals surface area contributed by atoms with Gasteiger partial charge in [-0.2, -0.15) is 0 Å². The molecule has 0 atom stereocenters. The number of thiophene rings is 1. The van der Waals surface area contributed by atoms with Crippen molar-refractivity contribution in [3.63, 3.8) is 0 Å². The van der Waals surface area contributed by atoms with Gasteiger partial charge in [0, 0.05) is 61.8 Å². The summed E-state index contributed by atoms with van der Waals surface area (Å²) in [6.45, 7) is 3.75. The normalized spacial score (nSPS) is 15.5. The van der Waals surface area contributed by atoms with Gasteiger partial charge in [-0.3, -0.25) is 9.59 Å². The molecule has 230 valence electrons. The number of carbonyl (C=O) groups is 1. The second-order valence-corrected chi connectivity index (χ2v) is 12.6. The van der Waals surface area contributed by atoms with Crippen LogP contribution < -0.4 is 20.7 Å². The number of fused-ring (bicyclic) bond motifs is 3. The van der Waals surface area contributed by atoms with Crippen LogP contribution >= 0.6 is 11.3 Å². The zero-order valence-corrected chi connectivity index (χ0v) is 25.9. The lowest BCUT2D eigenvalue weighted by atomic mass is 9.96. The number of piperazine rings is 1. The molecule has 2 aliphatic rings. The first-order valence-corrected chi connectivity index (χ1v) is 15.8. The highest BCUT2D eigenvalue weighted by Gasteiger charge is 2.31. The summed E-state index contributed by atoms with van der Waals surface area (Å²) >= 11 is 1.44. The lowest BCUT2D eigenvalue weighted by molar-refractivity contribution is 0.0984. The van der Waals surface area contributed by atoms with Crippen molar-refractivity contribution in [2.45, 2.75) is 13.0 Å². The van der Waals surface area contributed by atoms with Crippen LogP contribution in [-0.2, 0) is 20.1 Å². The zero-order valence-electron chi connectivity index (χ0n) is 25.1. The molecule has 5 aromatic rings. The van der Waals surface area contributed by atoms with Crippen LogP contribution in [0.15, 0.2) is 71.8 Å². The topological polar surface area (TPSA) is 93.9 Å². The van der Waals surface area contributed by atoms with Crippen LogP contribution in [0.2, 0.25) is 0 Å². The Balaban J connectivity index is 1.22. The van der Waals surface area contributed by atoms with Crippen molar-refractivity contribution in [2.24, 2.45) is 7.05 Å². The number of nitrogens with one attached hydrogen (secondary N) is 1. The lowest BCUT2D eigenvalue weighted by Crippen LogP contribution is -2.44. The summed E-state index contributed by atoms with van der Waals surface area (Å²) in [6, 6.07) is 16.0. The summed E-state index contributed by atoms with van der Waals surface area (Å²) in [6.07, 6.45) is 4.02. The minimum Gasteiger partial charge on any atom is -0.392 e. The molecule has 2 aromatic carbocycles. The number of aliphatic hydroxyl groups excluding tert-OH is 1. The molecule has 1 amide bonds. The number of pyridine rings is 2. The average molecular weight is 625 g/mol. The second-order valence-electron chi connectivity index (χ2n) is 11.6. The minimum atomic E-state index is -0.545. The number of anilines is 4. The maximum atomic E-state index is 15.3. The smallest absolute Gasteiger partial charge is 0.274 e. The molecule has 0 aliphatic carbocycles. The number of nitrogens with zero attached hydrogens (tertiary/aromatic N) is 5. The molecule has 7 rings (SSSR count). The van der Waals surface area contributed by atoms with Crippen molar-refractivity contribution in [3.05, 3.63) is 99.2 Å². The minimum absolute atomic E-state index is 0.211. The predicted octanol–water partition coefficient (Wildman–Crippen LogP) is 4.99. The second kappa shape index (κ2) is 11.7. The molecule has 45 heavy (non-hydrogen) atoms. The van der Waals surface area contributed by atoms with Gasteiger partial charge in [-0.25, -0.2) is 9.37 Å². The van der Waals surface area contributed by atoms with Crippen LogP contribution in [0.5, 0.6) is 0 Å². The fourth-order valence-electron chi connectivity index (χ4n) is 6.28. The van der Waals surface area contributed by atoms with E-state index in [0.717, 1.165) is 47.5 Å². The van der Waals surface area contributed by atoms with Crippen LogP contribution in [0.4, 0.5) is 27.3 Å². The highest BCUT2D eigenvalue weighted by atomic mass is 32.1. The van der Waals surface area contributed by atoms with Gasteiger partial charge in [-0.1, -0.05) is 18.2 Å². The molecule has 9 nitrogen and oxygen atoms in total. The SMILES string of the molecule is CN1CCN(c2ccc(Nc3cc(-c4cc(F)cc(N5CCc6c(sc7ccccc67)C5=O)c4CO)cn(C)c3=O)nc2)CC1. The fraction of sp³-hybridized carbons (Fsp3) is 0.265. The summed E-state index contributed by atoms with van der Waals surface area (Å²) < 4.78 is 17.7. The van der Waals surface area contributed by atoms with Gasteiger partial charge in [0.1, 0.15) is 17.3 Å². The van der Waals surface area contributed by atoms with Gasteiger partial charge in [0.25, 0.3) is 11.5 Å². The third kappa shape index (κ3) is 5.37. The van der Waals surface area contributed by atoms with E-state index < -0.39 is 12.4 Å². The van der Waals surface area contributed by atoms with Crippen LogP contribution in [0.1, 0.15) is 20.8 Å². The van der Waals surface area contributed by atoms with Crippen LogP contribution in [0.25, 0.3) is 21.2 Å². The molecule has 1 saturated heterocycles. The maximum Gasteiger partial charge on any atom is 0.274 e. The Morgan fingerprint density at radius 1 is 1.00 bits per heavy atom. The van der Waals surface area contributed by atoms with E-state index in [1.807, 2.05) is 36.4 Å². The number of hydrogen-bond acceptors (Lipinski definition) is 8. The standard InChI is InChI=1S/C34H33FN6O3S/c1-38-11-13-40(14-12-38)23-7-8-31(36-18-23)37-28-15-21(19-39(2)33(28)43)26-16-22(35)17-29(27(26)20-42)41-10-9-25-24-5-3-4-6-30(24)45-32(25)34(41)44/h3-8,15-19,42H,9-14,20H2,1-2H3,(H,36,37). The van der Waals surface area contributed by atoms with E-state index in [1.165, 1.54) is 28.0 Å². The number of benzene rings is 2. The predicted molar refractivity (Wildman–Crippen MR) is 177 cm³/mol. The van der Waals surface area contributed by atoms with Crippen LogP contribution in [0.3, 0.4) is 0 Å². The number of carbonyl (C=O) groups excluding carboxylic acids is 1. The van der Waals surface area contributed by atoms with Gasteiger partial charge in [-0.05, 0) is 66.4 Å².